The van der Waals surface area contributed by atoms with Gasteiger partial charge in [0.25, 0.3) is 0 Å². The second-order valence-electron chi connectivity index (χ2n) is 6.35. The van der Waals surface area contributed by atoms with Gasteiger partial charge in [-0.1, -0.05) is 48.6 Å². The summed E-state index contributed by atoms with van der Waals surface area (Å²) in [5, 5.41) is 3.05. The zero-order valence-electron chi connectivity index (χ0n) is 12.1. The van der Waals surface area contributed by atoms with Crippen LogP contribution in [0.5, 0.6) is 0 Å². The summed E-state index contributed by atoms with van der Waals surface area (Å²) in [6.07, 6.45) is 12.7. The van der Waals surface area contributed by atoms with Crippen molar-refractivity contribution in [2.75, 3.05) is 6.54 Å². The minimum atomic E-state index is 0.109. The van der Waals surface area contributed by atoms with Crippen molar-refractivity contribution in [1.82, 2.24) is 5.32 Å². The lowest BCUT2D eigenvalue weighted by atomic mass is 9.70. The van der Waals surface area contributed by atoms with E-state index in [2.05, 4.69) is 53.9 Å². The van der Waals surface area contributed by atoms with Gasteiger partial charge in [0, 0.05) is 18.4 Å². The topological polar surface area (TPSA) is 29.1 Å². The van der Waals surface area contributed by atoms with Crippen LogP contribution in [0, 0.1) is 5.41 Å². The second-order valence-corrected chi connectivity index (χ2v) is 6.35. The number of piperidine rings is 1. The molecule has 1 saturated heterocycles. The molecule has 1 amide bonds. The molecule has 0 saturated carbocycles. The van der Waals surface area contributed by atoms with E-state index in [4.69, 9.17) is 0 Å². The van der Waals surface area contributed by atoms with Gasteiger partial charge >= 0.3 is 0 Å². The molecule has 1 heterocycles. The minimum Gasteiger partial charge on any atom is -0.355 e. The lowest BCUT2D eigenvalue weighted by Crippen LogP contribution is -2.43. The highest BCUT2D eigenvalue weighted by Crippen LogP contribution is 2.44. The number of hydrogen-bond donors (Lipinski definition) is 1. The van der Waals surface area contributed by atoms with Crippen molar-refractivity contribution < 1.29 is 4.79 Å². The van der Waals surface area contributed by atoms with Gasteiger partial charge in [-0.3, -0.25) is 4.79 Å². The predicted molar refractivity (Wildman–Crippen MR) is 84.6 cm³/mol. The SMILES string of the molecule is O=C1CCC2(C=CC3=C(C2)c2ccccc2CC=C3)CN1. The van der Waals surface area contributed by atoms with Crippen molar-refractivity contribution in [3.8, 4) is 0 Å². The van der Waals surface area contributed by atoms with E-state index in [1.807, 2.05) is 0 Å². The standard InChI is InChI=1S/C19H19NO/c21-18-9-11-19(13-20-18)10-8-15-6-3-5-14-4-1-2-7-16(14)17(15)12-19/h1-4,6-8,10H,5,9,11-13H2,(H,20,21). The van der Waals surface area contributed by atoms with Crippen molar-refractivity contribution >= 4 is 11.5 Å². The Bertz CT molecular complexity index is 683. The average Bonchev–Trinajstić information content (AvgIpc) is 2.70. The second kappa shape index (κ2) is 4.73. The summed E-state index contributed by atoms with van der Waals surface area (Å²) in [7, 11) is 0. The number of carbonyl (C=O) groups excluding carboxylic acids is 1. The minimum absolute atomic E-state index is 0.109. The molecule has 1 atom stereocenters. The summed E-state index contributed by atoms with van der Waals surface area (Å²) in [5.74, 6) is 0.190. The molecule has 2 heteroatoms. The Morgan fingerprint density at radius 3 is 2.90 bits per heavy atom. The van der Waals surface area contributed by atoms with Crippen molar-refractivity contribution in [2.45, 2.75) is 25.7 Å². The van der Waals surface area contributed by atoms with Gasteiger partial charge in [-0.2, -0.15) is 0 Å². The van der Waals surface area contributed by atoms with E-state index in [0.717, 1.165) is 25.8 Å². The average molecular weight is 277 g/mol. The van der Waals surface area contributed by atoms with E-state index in [9.17, 15) is 4.79 Å². The zero-order chi connectivity index (χ0) is 14.3. The number of carbonyl (C=O) groups is 1. The number of allylic oxidation sites excluding steroid dienone is 5. The largest absolute Gasteiger partial charge is 0.355 e. The van der Waals surface area contributed by atoms with Crippen molar-refractivity contribution in [1.29, 1.82) is 0 Å². The molecule has 21 heavy (non-hydrogen) atoms. The van der Waals surface area contributed by atoms with E-state index in [-0.39, 0.29) is 11.3 Å². The van der Waals surface area contributed by atoms with Gasteiger partial charge in [-0.25, -0.2) is 0 Å². The lowest BCUT2D eigenvalue weighted by molar-refractivity contribution is -0.123. The van der Waals surface area contributed by atoms with Crippen LogP contribution in [0.15, 0.2) is 54.1 Å². The third-order valence-electron chi connectivity index (χ3n) is 4.96. The van der Waals surface area contributed by atoms with Crippen LogP contribution < -0.4 is 5.32 Å². The number of fused-ring (bicyclic) bond motifs is 2. The fourth-order valence-electron chi connectivity index (χ4n) is 3.70. The molecule has 0 bridgehead atoms. The Hall–Kier alpha value is -2.09. The Kier molecular flexibility index (Phi) is 2.85. The van der Waals surface area contributed by atoms with E-state index >= 15 is 0 Å². The van der Waals surface area contributed by atoms with Gasteiger partial charge in [0.15, 0.2) is 0 Å². The highest BCUT2D eigenvalue weighted by atomic mass is 16.1. The fourth-order valence-corrected chi connectivity index (χ4v) is 3.70. The molecule has 1 aromatic rings. The van der Waals surface area contributed by atoms with Gasteiger partial charge in [-0.05, 0) is 41.5 Å². The maximum Gasteiger partial charge on any atom is 0.220 e. The first-order valence-electron chi connectivity index (χ1n) is 7.70. The van der Waals surface area contributed by atoms with Crippen LogP contribution >= 0.6 is 0 Å². The number of amides is 1. The molecule has 1 aliphatic heterocycles. The van der Waals surface area contributed by atoms with Gasteiger partial charge in [-0.15, -0.1) is 0 Å². The normalized spacial score (nSPS) is 27.1. The highest BCUT2D eigenvalue weighted by molar-refractivity contribution is 5.80. The van der Waals surface area contributed by atoms with Gasteiger partial charge in [0.2, 0.25) is 5.91 Å². The van der Waals surface area contributed by atoms with Crippen LogP contribution in [-0.2, 0) is 11.2 Å². The number of rotatable bonds is 0. The van der Waals surface area contributed by atoms with E-state index in [1.54, 1.807) is 0 Å². The first-order chi connectivity index (χ1) is 10.3. The van der Waals surface area contributed by atoms with E-state index in [1.165, 1.54) is 22.3 Å². The fraction of sp³-hybridized carbons (Fsp3) is 0.316. The van der Waals surface area contributed by atoms with Crippen LogP contribution in [0.2, 0.25) is 0 Å². The Balaban J connectivity index is 1.75. The summed E-state index contributed by atoms with van der Waals surface area (Å²) in [6.45, 7) is 0.769. The molecule has 1 fully saturated rings. The summed E-state index contributed by atoms with van der Waals surface area (Å²) in [5.41, 5.74) is 5.68. The smallest absolute Gasteiger partial charge is 0.220 e. The number of nitrogens with one attached hydrogen (secondary N) is 1. The quantitative estimate of drug-likeness (QED) is 0.773. The molecule has 3 aliphatic rings. The van der Waals surface area contributed by atoms with E-state index in [0.29, 0.717) is 6.42 Å². The van der Waals surface area contributed by atoms with Crippen LogP contribution in [0.4, 0.5) is 0 Å². The molecule has 0 aromatic heterocycles. The van der Waals surface area contributed by atoms with Crippen molar-refractivity contribution in [3.05, 3.63) is 65.3 Å². The molecular weight excluding hydrogens is 258 g/mol. The lowest BCUT2D eigenvalue weighted by Gasteiger charge is -2.38. The summed E-state index contributed by atoms with van der Waals surface area (Å²) in [6, 6.07) is 8.71. The Morgan fingerprint density at radius 1 is 1.14 bits per heavy atom. The molecule has 1 N–H and O–H groups in total. The van der Waals surface area contributed by atoms with Gasteiger partial charge in [0.05, 0.1) is 0 Å². The molecular formula is C19H19NO. The molecule has 4 rings (SSSR count). The van der Waals surface area contributed by atoms with Crippen LogP contribution in [0.1, 0.15) is 30.4 Å². The third-order valence-corrected chi connectivity index (χ3v) is 4.96. The number of benzene rings is 1. The predicted octanol–water partition coefficient (Wildman–Crippen LogP) is 3.41. The van der Waals surface area contributed by atoms with Crippen LogP contribution in [-0.4, -0.2) is 12.5 Å². The van der Waals surface area contributed by atoms with Crippen molar-refractivity contribution in [2.24, 2.45) is 5.41 Å². The summed E-state index contributed by atoms with van der Waals surface area (Å²) >= 11 is 0. The maximum absolute atomic E-state index is 11.5. The van der Waals surface area contributed by atoms with Gasteiger partial charge in [0.1, 0.15) is 0 Å². The molecule has 1 aromatic carbocycles. The Labute approximate surface area is 125 Å². The van der Waals surface area contributed by atoms with Crippen LogP contribution in [0.25, 0.3) is 5.57 Å². The van der Waals surface area contributed by atoms with Crippen LogP contribution in [0.3, 0.4) is 0 Å². The summed E-state index contributed by atoms with van der Waals surface area (Å²) in [4.78, 5) is 11.5. The first-order valence-corrected chi connectivity index (χ1v) is 7.70. The van der Waals surface area contributed by atoms with Crippen molar-refractivity contribution in [3.63, 3.8) is 0 Å². The molecule has 1 unspecified atom stereocenters. The molecule has 2 nitrogen and oxygen atoms in total. The molecule has 0 radical (unpaired) electrons. The maximum atomic E-state index is 11.5. The van der Waals surface area contributed by atoms with E-state index < -0.39 is 0 Å². The molecule has 2 aliphatic carbocycles. The monoisotopic (exact) mass is 277 g/mol. The zero-order valence-corrected chi connectivity index (χ0v) is 12.1. The molecule has 1 spiro atoms. The highest BCUT2D eigenvalue weighted by Gasteiger charge is 2.36. The Morgan fingerprint density at radius 2 is 2.05 bits per heavy atom. The first kappa shape index (κ1) is 12.6. The van der Waals surface area contributed by atoms with Gasteiger partial charge < -0.3 is 5.32 Å². The number of hydrogen-bond acceptors (Lipinski definition) is 1. The summed E-state index contributed by atoms with van der Waals surface area (Å²) < 4.78 is 0. The third kappa shape index (κ3) is 2.15. The molecule has 106 valence electrons.